The van der Waals surface area contributed by atoms with Crippen molar-refractivity contribution in [2.24, 2.45) is 5.92 Å². The van der Waals surface area contributed by atoms with E-state index in [0.29, 0.717) is 0 Å². The fourth-order valence-electron chi connectivity index (χ4n) is 1.53. The largest absolute Gasteiger partial charge is 0.316 e. The Hall–Kier alpha value is -0.520. The molecule has 0 saturated heterocycles. The number of hydrogen-bond acceptors (Lipinski definition) is 2. The van der Waals surface area contributed by atoms with Gasteiger partial charge in [-0.25, -0.2) is 0 Å². The van der Waals surface area contributed by atoms with Crippen LogP contribution in [0.2, 0.25) is 0 Å². The molecule has 2 heteroatoms. The molecule has 0 atom stereocenters. The molecule has 1 N–H and O–H groups in total. The lowest BCUT2D eigenvalue weighted by molar-refractivity contribution is 0.301. The van der Waals surface area contributed by atoms with Gasteiger partial charge in [-0.05, 0) is 38.4 Å². The summed E-state index contributed by atoms with van der Waals surface area (Å²) in [5.41, 5.74) is 0. The van der Waals surface area contributed by atoms with E-state index in [9.17, 15) is 0 Å². The molecule has 88 valence electrons. The maximum Gasteiger partial charge on any atom is 0.0598 e. The van der Waals surface area contributed by atoms with Gasteiger partial charge in [0.15, 0.2) is 0 Å². The standard InChI is InChI=1S/C13H26N2/c1-5-9-15(10-6-2)11-7-8-14-12-13(3)4/h1,13-14H,6-12H2,2-4H3. The van der Waals surface area contributed by atoms with E-state index in [4.69, 9.17) is 6.42 Å². The van der Waals surface area contributed by atoms with Crippen LogP contribution in [-0.4, -0.2) is 37.6 Å². The van der Waals surface area contributed by atoms with E-state index in [-0.39, 0.29) is 0 Å². The minimum absolute atomic E-state index is 0.738. The molecule has 2 nitrogen and oxygen atoms in total. The highest BCUT2D eigenvalue weighted by atomic mass is 15.1. The fourth-order valence-corrected chi connectivity index (χ4v) is 1.53. The Bertz CT molecular complexity index is 170. The second-order valence-corrected chi connectivity index (χ2v) is 4.43. The quantitative estimate of drug-likeness (QED) is 0.462. The van der Waals surface area contributed by atoms with E-state index in [1.54, 1.807) is 0 Å². The first kappa shape index (κ1) is 14.5. The molecule has 0 spiro atoms. The van der Waals surface area contributed by atoms with Gasteiger partial charge in [0.2, 0.25) is 0 Å². The zero-order valence-electron chi connectivity index (χ0n) is 10.6. The molecule has 0 aromatic heterocycles. The van der Waals surface area contributed by atoms with Crippen molar-refractivity contribution in [3.63, 3.8) is 0 Å². The molecule has 0 heterocycles. The topological polar surface area (TPSA) is 15.3 Å². The van der Waals surface area contributed by atoms with Crippen molar-refractivity contribution < 1.29 is 0 Å². The molecule has 0 aromatic carbocycles. The smallest absolute Gasteiger partial charge is 0.0598 e. The predicted octanol–water partition coefficient (Wildman–Crippen LogP) is 1.97. The van der Waals surface area contributed by atoms with Crippen molar-refractivity contribution in [3.8, 4) is 12.3 Å². The van der Waals surface area contributed by atoms with Crippen LogP contribution in [0, 0.1) is 18.3 Å². The highest BCUT2D eigenvalue weighted by Crippen LogP contribution is 1.93. The van der Waals surface area contributed by atoms with E-state index in [2.05, 4.69) is 36.9 Å². The van der Waals surface area contributed by atoms with E-state index in [1.165, 1.54) is 12.8 Å². The van der Waals surface area contributed by atoms with Crippen LogP contribution in [0.5, 0.6) is 0 Å². The summed E-state index contributed by atoms with van der Waals surface area (Å²) in [6.07, 6.45) is 7.69. The highest BCUT2D eigenvalue weighted by Gasteiger charge is 2.00. The van der Waals surface area contributed by atoms with Gasteiger partial charge in [0.05, 0.1) is 6.54 Å². The third-order valence-corrected chi connectivity index (χ3v) is 2.24. The molecule has 0 bridgehead atoms. The average Bonchev–Trinajstić information content (AvgIpc) is 2.17. The molecular weight excluding hydrogens is 184 g/mol. The molecule has 0 aliphatic heterocycles. The molecule has 0 aliphatic rings. The first-order chi connectivity index (χ1) is 7.20. The summed E-state index contributed by atoms with van der Waals surface area (Å²) in [6, 6.07) is 0. The molecule has 0 radical (unpaired) electrons. The van der Waals surface area contributed by atoms with Crippen molar-refractivity contribution in [3.05, 3.63) is 0 Å². The Morgan fingerprint density at radius 1 is 1.33 bits per heavy atom. The molecule has 0 fully saturated rings. The lowest BCUT2D eigenvalue weighted by atomic mass is 10.2. The molecule has 15 heavy (non-hydrogen) atoms. The second kappa shape index (κ2) is 10.0. The van der Waals surface area contributed by atoms with Gasteiger partial charge >= 0.3 is 0 Å². The second-order valence-electron chi connectivity index (χ2n) is 4.43. The van der Waals surface area contributed by atoms with Crippen molar-refractivity contribution >= 4 is 0 Å². The monoisotopic (exact) mass is 210 g/mol. The summed E-state index contributed by atoms with van der Waals surface area (Å²) in [5, 5.41) is 3.45. The van der Waals surface area contributed by atoms with Gasteiger partial charge in [0.1, 0.15) is 0 Å². The molecule has 0 saturated carbocycles. The molecular formula is C13H26N2. The molecule has 0 rings (SSSR count). The zero-order chi connectivity index (χ0) is 11.5. The summed E-state index contributed by atoms with van der Waals surface area (Å²) < 4.78 is 0. The summed E-state index contributed by atoms with van der Waals surface area (Å²) >= 11 is 0. The first-order valence-corrected chi connectivity index (χ1v) is 6.07. The van der Waals surface area contributed by atoms with Crippen molar-refractivity contribution in [2.45, 2.75) is 33.6 Å². The number of terminal acetylenes is 1. The number of hydrogen-bond donors (Lipinski definition) is 1. The minimum atomic E-state index is 0.738. The Labute approximate surface area is 95.4 Å². The van der Waals surface area contributed by atoms with Crippen LogP contribution in [0.4, 0.5) is 0 Å². The van der Waals surface area contributed by atoms with Gasteiger partial charge in [-0.15, -0.1) is 6.42 Å². The number of nitrogens with zero attached hydrogens (tertiary/aromatic N) is 1. The fraction of sp³-hybridized carbons (Fsp3) is 0.846. The molecule has 0 aliphatic carbocycles. The van der Waals surface area contributed by atoms with E-state index in [1.807, 2.05) is 0 Å². The van der Waals surface area contributed by atoms with Crippen LogP contribution < -0.4 is 5.32 Å². The van der Waals surface area contributed by atoms with Crippen molar-refractivity contribution in [1.29, 1.82) is 0 Å². The van der Waals surface area contributed by atoms with Crippen molar-refractivity contribution in [1.82, 2.24) is 10.2 Å². The normalized spacial score (nSPS) is 10.9. The maximum absolute atomic E-state index is 5.32. The van der Waals surface area contributed by atoms with Gasteiger partial charge in [-0.2, -0.15) is 0 Å². The Kier molecular flexibility index (Phi) is 9.67. The predicted molar refractivity (Wildman–Crippen MR) is 67.9 cm³/mol. The molecule has 0 unspecified atom stereocenters. The first-order valence-electron chi connectivity index (χ1n) is 6.07. The minimum Gasteiger partial charge on any atom is -0.316 e. The van der Waals surface area contributed by atoms with Crippen LogP contribution in [0.15, 0.2) is 0 Å². The Morgan fingerprint density at radius 3 is 2.60 bits per heavy atom. The van der Waals surface area contributed by atoms with Crippen LogP contribution in [-0.2, 0) is 0 Å². The zero-order valence-corrected chi connectivity index (χ0v) is 10.6. The maximum atomic E-state index is 5.32. The third kappa shape index (κ3) is 9.78. The van der Waals surface area contributed by atoms with Gasteiger partial charge in [0, 0.05) is 6.54 Å². The van der Waals surface area contributed by atoms with E-state index < -0.39 is 0 Å². The molecule has 0 aromatic rings. The average molecular weight is 210 g/mol. The number of rotatable bonds is 9. The Balaban J connectivity index is 3.41. The van der Waals surface area contributed by atoms with E-state index in [0.717, 1.165) is 38.6 Å². The van der Waals surface area contributed by atoms with Gasteiger partial charge in [-0.3, -0.25) is 4.90 Å². The van der Waals surface area contributed by atoms with Gasteiger partial charge < -0.3 is 5.32 Å². The van der Waals surface area contributed by atoms with Crippen LogP contribution >= 0.6 is 0 Å². The van der Waals surface area contributed by atoms with Crippen LogP contribution in [0.25, 0.3) is 0 Å². The summed E-state index contributed by atoms with van der Waals surface area (Å²) in [4.78, 5) is 2.34. The van der Waals surface area contributed by atoms with E-state index >= 15 is 0 Å². The number of nitrogens with one attached hydrogen (secondary N) is 1. The van der Waals surface area contributed by atoms with Gasteiger partial charge in [-0.1, -0.05) is 26.7 Å². The van der Waals surface area contributed by atoms with Crippen LogP contribution in [0.3, 0.4) is 0 Å². The Morgan fingerprint density at radius 2 is 2.07 bits per heavy atom. The van der Waals surface area contributed by atoms with Gasteiger partial charge in [0.25, 0.3) is 0 Å². The third-order valence-electron chi connectivity index (χ3n) is 2.24. The summed E-state index contributed by atoms with van der Waals surface area (Å²) in [6.45, 7) is 11.9. The SMILES string of the molecule is C#CCN(CCC)CCCNCC(C)C. The summed E-state index contributed by atoms with van der Waals surface area (Å²) in [5.74, 6) is 3.46. The highest BCUT2D eigenvalue weighted by molar-refractivity contribution is 4.88. The lowest BCUT2D eigenvalue weighted by Crippen LogP contribution is -2.29. The summed E-state index contributed by atoms with van der Waals surface area (Å²) in [7, 11) is 0. The van der Waals surface area contributed by atoms with Crippen molar-refractivity contribution in [2.75, 3.05) is 32.7 Å². The van der Waals surface area contributed by atoms with Crippen LogP contribution in [0.1, 0.15) is 33.6 Å². The molecule has 0 amide bonds. The lowest BCUT2D eigenvalue weighted by Gasteiger charge is -2.18.